The average molecular weight is 488 g/mol. The number of benzene rings is 1. The molecule has 0 unspecified atom stereocenters. The second-order valence-corrected chi connectivity index (χ2v) is 8.07. The molecule has 1 amide bonds. The fraction of sp³-hybridized carbons (Fsp3) is 0.292. The fourth-order valence-electron chi connectivity index (χ4n) is 3.03. The highest BCUT2D eigenvalue weighted by atomic mass is 32.1. The number of methoxy groups -OCH3 is 2. The van der Waals surface area contributed by atoms with Crippen LogP contribution in [0.25, 0.3) is 0 Å². The molecule has 10 heteroatoms. The summed E-state index contributed by atoms with van der Waals surface area (Å²) >= 11 is 0.934. The molecule has 0 aliphatic heterocycles. The molecule has 180 valence electrons. The molecule has 2 aromatic heterocycles. The number of thiophene rings is 1. The smallest absolute Gasteiger partial charge is 0.348 e. The Labute approximate surface area is 200 Å². The second-order valence-electron chi connectivity index (χ2n) is 7.05. The molecular formula is C24H25NO8S. The van der Waals surface area contributed by atoms with Crippen LogP contribution in [0, 0.1) is 6.92 Å². The number of esters is 2. The summed E-state index contributed by atoms with van der Waals surface area (Å²) in [6.07, 6.45) is 0.632. The number of ether oxygens (including phenoxy) is 4. The van der Waals surface area contributed by atoms with Gasteiger partial charge in [-0.1, -0.05) is 19.1 Å². The van der Waals surface area contributed by atoms with Crippen molar-refractivity contribution in [3.63, 3.8) is 0 Å². The van der Waals surface area contributed by atoms with Crippen molar-refractivity contribution in [3.8, 4) is 11.5 Å². The molecule has 0 bridgehead atoms. The van der Waals surface area contributed by atoms with E-state index in [1.54, 1.807) is 32.2 Å². The first-order chi connectivity index (χ1) is 16.4. The Morgan fingerprint density at radius 1 is 1.03 bits per heavy atom. The van der Waals surface area contributed by atoms with Crippen LogP contribution < -0.4 is 14.8 Å². The topological polar surface area (TPSA) is 113 Å². The standard InChI is InChI=1S/C24H25NO8S/c1-5-12-31-23(27)19-14(2)20(24(28)30-4)34-22(19)25-21(26)18-11-10-15(33-18)13-32-17-9-7-6-8-16(17)29-3/h6-11H,5,12-13H2,1-4H3,(H,25,26). The van der Waals surface area contributed by atoms with Crippen molar-refractivity contribution in [2.45, 2.75) is 26.9 Å². The van der Waals surface area contributed by atoms with Gasteiger partial charge in [-0.25, -0.2) is 9.59 Å². The Morgan fingerprint density at radius 2 is 1.76 bits per heavy atom. The van der Waals surface area contributed by atoms with E-state index in [0.29, 0.717) is 29.2 Å². The highest BCUT2D eigenvalue weighted by molar-refractivity contribution is 7.18. The Bertz CT molecular complexity index is 1180. The van der Waals surface area contributed by atoms with Crippen molar-refractivity contribution in [1.82, 2.24) is 0 Å². The van der Waals surface area contributed by atoms with Crippen molar-refractivity contribution >= 4 is 34.2 Å². The molecule has 0 saturated heterocycles. The van der Waals surface area contributed by atoms with Gasteiger partial charge in [0.15, 0.2) is 17.3 Å². The minimum absolute atomic E-state index is 0.0113. The molecule has 3 aromatic rings. The van der Waals surface area contributed by atoms with Gasteiger partial charge in [-0.3, -0.25) is 4.79 Å². The number of nitrogens with one attached hydrogen (secondary N) is 1. The number of hydrogen-bond acceptors (Lipinski definition) is 9. The van der Waals surface area contributed by atoms with E-state index in [0.717, 1.165) is 11.3 Å². The average Bonchev–Trinajstić information content (AvgIpc) is 3.45. The number of para-hydroxylation sites is 2. The van der Waals surface area contributed by atoms with Gasteiger partial charge in [0.05, 0.1) is 26.4 Å². The van der Waals surface area contributed by atoms with Gasteiger partial charge in [0.1, 0.15) is 22.2 Å². The number of hydrogen-bond donors (Lipinski definition) is 1. The molecule has 1 N–H and O–H groups in total. The number of anilines is 1. The van der Waals surface area contributed by atoms with Crippen molar-refractivity contribution in [2.24, 2.45) is 0 Å². The van der Waals surface area contributed by atoms with Crippen molar-refractivity contribution in [1.29, 1.82) is 0 Å². The van der Waals surface area contributed by atoms with Crippen molar-refractivity contribution in [3.05, 3.63) is 63.9 Å². The zero-order valence-corrected chi connectivity index (χ0v) is 20.1. The van der Waals surface area contributed by atoms with E-state index in [-0.39, 0.29) is 34.4 Å². The summed E-state index contributed by atoms with van der Waals surface area (Å²) in [5.41, 5.74) is 0.483. The van der Waals surface area contributed by atoms with Gasteiger partial charge in [-0.15, -0.1) is 11.3 Å². The van der Waals surface area contributed by atoms with Gasteiger partial charge < -0.3 is 28.7 Å². The largest absolute Gasteiger partial charge is 0.493 e. The number of carbonyl (C=O) groups excluding carboxylic acids is 3. The van der Waals surface area contributed by atoms with Crippen LogP contribution in [-0.2, 0) is 16.1 Å². The lowest BCUT2D eigenvalue weighted by molar-refractivity contribution is 0.0506. The van der Waals surface area contributed by atoms with Crippen LogP contribution >= 0.6 is 11.3 Å². The van der Waals surface area contributed by atoms with Gasteiger partial charge in [0, 0.05) is 0 Å². The van der Waals surface area contributed by atoms with E-state index < -0.39 is 17.8 Å². The summed E-state index contributed by atoms with van der Waals surface area (Å²) < 4.78 is 26.6. The van der Waals surface area contributed by atoms with Crippen LogP contribution in [0.5, 0.6) is 11.5 Å². The summed E-state index contributed by atoms with van der Waals surface area (Å²) in [4.78, 5) is 37.7. The quantitative estimate of drug-likeness (QED) is 0.404. The van der Waals surface area contributed by atoms with Gasteiger partial charge in [0.25, 0.3) is 5.91 Å². The molecule has 0 radical (unpaired) electrons. The third-order valence-electron chi connectivity index (χ3n) is 4.71. The van der Waals surface area contributed by atoms with E-state index >= 15 is 0 Å². The molecule has 0 saturated carbocycles. The highest BCUT2D eigenvalue weighted by Crippen LogP contribution is 2.35. The minimum Gasteiger partial charge on any atom is -0.493 e. The molecule has 0 atom stereocenters. The predicted octanol–water partition coefficient (Wildman–Crippen LogP) is 4.84. The maximum absolute atomic E-state index is 12.8. The normalized spacial score (nSPS) is 10.5. The summed E-state index contributed by atoms with van der Waals surface area (Å²) in [5, 5.41) is 2.82. The maximum atomic E-state index is 12.8. The predicted molar refractivity (Wildman–Crippen MR) is 125 cm³/mol. The molecule has 0 aliphatic rings. The Balaban J connectivity index is 1.77. The Morgan fingerprint density at radius 3 is 2.44 bits per heavy atom. The number of carbonyl (C=O) groups is 3. The lowest BCUT2D eigenvalue weighted by atomic mass is 10.1. The van der Waals surface area contributed by atoms with Gasteiger partial charge in [-0.2, -0.15) is 0 Å². The van der Waals surface area contributed by atoms with Crippen LogP contribution in [-0.4, -0.2) is 38.7 Å². The van der Waals surface area contributed by atoms with Crippen molar-refractivity contribution in [2.75, 3.05) is 26.1 Å². The summed E-state index contributed by atoms with van der Waals surface area (Å²) in [6, 6.07) is 10.3. The SMILES string of the molecule is CCCOC(=O)c1c(NC(=O)c2ccc(COc3ccccc3OC)o2)sc(C(=O)OC)c1C. The molecule has 3 rings (SSSR count). The third-order valence-corrected chi connectivity index (χ3v) is 5.90. The second kappa shape index (κ2) is 11.4. The maximum Gasteiger partial charge on any atom is 0.348 e. The van der Waals surface area contributed by atoms with E-state index in [9.17, 15) is 14.4 Å². The number of amides is 1. The first kappa shape index (κ1) is 24.8. The summed E-state index contributed by atoms with van der Waals surface area (Å²) in [7, 11) is 2.79. The zero-order valence-electron chi connectivity index (χ0n) is 19.3. The van der Waals surface area contributed by atoms with Gasteiger partial charge >= 0.3 is 11.9 Å². The fourth-order valence-corrected chi connectivity index (χ4v) is 4.14. The van der Waals surface area contributed by atoms with E-state index in [1.165, 1.54) is 13.2 Å². The Hall–Kier alpha value is -3.79. The Kier molecular flexibility index (Phi) is 8.31. The minimum atomic E-state index is -0.633. The van der Waals surface area contributed by atoms with E-state index in [4.69, 9.17) is 23.4 Å². The molecular weight excluding hydrogens is 462 g/mol. The van der Waals surface area contributed by atoms with Crippen LogP contribution in [0.2, 0.25) is 0 Å². The van der Waals surface area contributed by atoms with Crippen LogP contribution in [0.3, 0.4) is 0 Å². The molecule has 2 heterocycles. The first-order valence-corrected chi connectivity index (χ1v) is 11.3. The van der Waals surface area contributed by atoms with Crippen molar-refractivity contribution < 1.29 is 37.7 Å². The van der Waals surface area contributed by atoms with Crippen LogP contribution in [0.1, 0.15) is 55.3 Å². The van der Waals surface area contributed by atoms with Gasteiger partial charge in [0.2, 0.25) is 0 Å². The van der Waals surface area contributed by atoms with E-state index in [1.807, 2.05) is 19.1 Å². The molecule has 0 aliphatic carbocycles. The van der Waals surface area contributed by atoms with E-state index in [2.05, 4.69) is 5.32 Å². The monoisotopic (exact) mass is 487 g/mol. The number of furan rings is 1. The lowest BCUT2D eigenvalue weighted by Gasteiger charge is -2.09. The first-order valence-electron chi connectivity index (χ1n) is 10.4. The highest BCUT2D eigenvalue weighted by Gasteiger charge is 2.28. The summed E-state index contributed by atoms with van der Waals surface area (Å²) in [5.74, 6) is -0.303. The zero-order chi connectivity index (χ0) is 24.7. The molecule has 34 heavy (non-hydrogen) atoms. The third kappa shape index (κ3) is 5.57. The molecule has 0 fully saturated rings. The number of rotatable bonds is 10. The molecule has 1 aromatic carbocycles. The van der Waals surface area contributed by atoms with Crippen LogP contribution in [0.4, 0.5) is 5.00 Å². The molecule has 0 spiro atoms. The van der Waals surface area contributed by atoms with Gasteiger partial charge in [-0.05, 0) is 43.2 Å². The summed E-state index contributed by atoms with van der Waals surface area (Å²) in [6.45, 7) is 3.75. The lowest BCUT2D eigenvalue weighted by Crippen LogP contribution is -2.14. The molecule has 9 nitrogen and oxygen atoms in total. The van der Waals surface area contributed by atoms with Crippen LogP contribution in [0.15, 0.2) is 40.8 Å².